The van der Waals surface area contributed by atoms with Gasteiger partial charge in [0.15, 0.2) is 0 Å². The summed E-state index contributed by atoms with van der Waals surface area (Å²) in [6.45, 7) is 3.87. The molecular formula is C22H29N5O3. The van der Waals surface area contributed by atoms with Gasteiger partial charge in [-0.25, -0.2) is 0 Å². The van der Waals surface area contributed by atoms with Crippen LogP contribution in [0.25, 0.3) is 0 Å². The van der Waals surface area contributed by atoms with Crippen LogP contribution in [-0.4, -0.2) is 74.0 Å². The molecule has 1 aliphatic rings. The van der Waals surface area contributed by atoms with E-state index in [9.17, 15) is 14.9 Å². The minimum atomic E-state index is -0.374. The molecular weight excluding hydrogens is 382 g/mol. The number of carbonyl (C=O) groups excluding carboxylic acids is 1. The first kappa shape index (κ1) is 21.7. The highest BCUT2D eigenvalue weighted by atomic mass is 16.6. The van der Waals surface area contributed by atoms with Crippen LogP contribution in [0, 0.1) is 10.1 Å². The topological polar surface area (TPSA) is 82.0 Å². The summed E-state index contributed by atoms with van der Waals surface area (Å²) in [5.41, 5.74) is 2.13. The zero-order chi connectivity index (χ0) is 21.5. The maximum Gasteiger partial charge on any atom is 0.271 e. The van der Waals surface area contributed by atoms with Crippen molar-refractivity contribution in [3.8, 4) is 0 Å². The molecule has 1 aliphatic heterocycles. The van der Waals surface area contributed by atoms with E-state index in [0.717, 1.165) is 31.9 Å². The molecule has 0 aliphatic carbocycles. The number of rotatable bonds is 8. The van der Waals surface area contributed by atoms with E-state index in [1.165, 1.54) is 11.6 Å². The second-order valence-electron chi connectivity index (χ2n) is 7.73. The highest BCUT2D eigenvalue weighted by Crippen LogP contribution is 2.22. The summed E-state index contributed by atoms with van der Waals surface area (Å²) in [5, 5.41) is 14.0. The maximum atomic E-state index is 12.5. The molecule has 160 valence electrons. The van der Waals surface area contributed by atoms with Crippen LogP contribution in [0.2, 0.25) is 0 Å². The number of nitrogens with one attached hydrogen (secondary N) is 1. The lowest BCUT2D eigenvalue weighted by atomic mass is 10.1. The van der Waals surface area contributed by atoms with E-state index < -0.39 is 0 Å². The molecule has 0 aromatic heterocycles. The molecule has 1 fully saturated rings. The Hall–Kier alpha value is -2.97. The molecule has 1 amide bonds. The third-order valence-corrected chi connectivity index (χ3v) is 5.45. The number of non-ortho nitro benzene ring substituents is 1. The quantitative estimate of drug-likeness (QED) is 0.529. The Labute approximate surface area is 177 Å². The number of benzene rings is 2. The van der Waals surface area contributed by atoms with Crippen LogP contribution in [0.1, 0.15) is 11.6 Å². The standard InChI is InChI=1S/C22H29N5O3/c1-24(2)21(18-7-4-3-5-8-18)16-23-22(28)17-25-11-13-26(14-12-25)19-9-6-10-20(15-19)27(29)30/h3-10,15,21H,11-14,16-17H2,1-2H3,(H,23,28)/t21-/m1/s1. The smallest absolute Gasteiger partial charge is 0.271 e. The zero-order valence-corrected chi connectivity index (χ0v) is 17.5. The molecule has 0 radical (unpaired) electrons. The maximum absolute atomic E-state index is 12.5. The summed E-state index contributed by atoms with van der Waals surface area (Å²) >= 11 is 0. The Morgan fingerprint density at radius 3 is 2.43 bits per heavy atom. The van der Waals surface area contributed by atoms with Crippen molar-refractivity contribution in [1.82, 2.24) is 15.1 Å². The SMILES string of the molecule is CN(C)[C@H](CNC(=O)CN1CCN(c2cccc([N+](=O)[O-])c2)CC1)c1ccccc1. The third-order valence-electron chi connectivity index (χ3n) is 5.45. The number of hydrogen-bond acceptors (Lipinski definition) is 6. The average Bonchev–Trinajstić information content (AvgIpc) is 2.75. The van der Waals surface area contributed by atoms with E-state index >= 15 is 0 Å². The molecule has 0 bridgehead atoms. The predicted octanol–water partition coefficient (Wildman–Crippen LogP) is 2.14. The van der Waals surface area contributed by atoms with E-state index in [-0.39, 0.29) is 22.6 Å². The van der Waals surface area contributed by atoms with Gasteiger partial charge in [-0.1, -0.05) is 36.4 Å². The Balaban J connectivity index is 1.47. The van der Waals surface area contributed by atoms with E-state index in [4.69, 9.17) is 0 Å². The molecule has 0 unspecified atom stereocenters. The Morgan fingerprint density at radius 1 is 1.10 bits per heavy atom. The van der Waals surface area contributed by atoms with Gasteiger partial charge in [-0.15, -0.1) is 0 Å². The second kappa shape index (κ2) is 10.2. The highest BCUT2D eigenvalue weighted by molar-refractivity contribution is 5.78. The van der Waals surface area contributed by atoms with Crippen molar-refractivity contribution in [1.29, 1.82) is 0 Å². The molecule has 0 saturated carbocycles. The lowest BCUT2D eigenvalue weighted by Gasteiger charge is -2.35. The number of carbonyl (C=O) groups is 1. The van der Waals surface area contributed by atoms with Crippen LogP contribution in [0.3, 0.4) is 0 Å². The first-order valence-electron chi connectivity index (χ1n) is 10.1. The first-order valence-corrected chi connectivity index (χ1v) is 10.1. The number of nitro benzene ring substituents is 1. The summed E-state index contributed by atoms with van der Waals surface area (Å²) in [6.07, 6.45) is 0. The minimum Gasteiger partial charge on any atom is -0.369 e. The number of nitro groups is 1. The van der Waals surface area contributed by atoms with E-state index in [0.29, 0.717) is 13.1 Å². The molecule has 2 aromatic carbocycles. The van der Waals surface area contributed by atoms with Crippen molar-refractivity contribution < 1.29 is 9.72 Å². The second-order valence-corrected chi connectivity index (χ2v) is 7.73. The van der Waals surface area contributed by atoms with Gasteiger partial charge in [-0.2, -0.15) is 0 Å². The lowest BCUT2D eigenvalue weighted by Crippen LogP contribution is -2.50. The minimum absolute atomic E-state index is 0.0154. The third kappa shape index (κ3) is 5.77. The monoisotopic (exact) mass is 411 g/mol. The van der Waals surface area contributed by atoms with Gasteiger partial charge in [-0.05, 0) is 25.7 Å². The van der Waals surface area contributed by atoms with Crippen molar-refractivity contribution in [3.05, 3.63) is 70.3 Å². The number of amides is 1. The molecule has 8 heteroatoms. The molecule has 1 heterocycles. The number of piperazine rings is 1. The van der Waals surface area contributed by atoms with Crippen LogP contribution in [0.15, 0.2) is 54.6 Å². The Bertz CT molecular complexity index is 851. The molecule has 30 heavy (non-hydrogen) atoms. The fraction of sp³-hybridized carbons (Fsp3) is 0.409. The number of nitrogens with zero attached hydrogens (tertiary/aromatic N) is 4. The predicted molar refractivity (Wildman–Crippen MR) is 118 cm³/mol. The van der Waals surface area contributed by atoms with Crippen molar-refractivity contribution in [3.63, 3.8) is 0 Å². The number of hydrogen-bond donors (Lipinski definition) is 1. The zero-order valence-electron chi connectivity index (χ0n) is 17.5. The summed E-state index contributed by atoms with van der Waals surface area (Å²) in [5.74, 6) is 0.0154. The van der Waals surface area contributed by atoms with Gasteiger partial charge >= 0.3 is 0 Å². The summed E-state index contributed by atoms with van der Waals surface area (Å²) in [6, 6.07) is 17.0. The fourth-order valence-corrected chi connectivity index (χ4v) is 3.71. The largest absolute Gasteiger partial charge is 0.369 e. The summed E-state index contributed by atoms with van der Waals surface area (Å²) in [7, 11) is 4.02. The number of likely N-dealkylation sites (N-methyl/N-ethyl adjacent to an activating group) is 1. The van der Waals surface area contributed by atoms with Crippen LogP contribution in [0.5, 0.6) is 0 Å². The molecule has 1 N–H and O–H groups in total. The van der Waals surface area contributed by atoms with Crippen LogP contribution in [-0.2, 0) is 4.79 Å². The Kier molecular flexibility index (Phi) is 7.37. The van der Waals surface area contributed by atoms with E-state index in [1.54, 1.807) is 12.1 Å². The molecule has 3 rings (SSSR count). The Morgan fingerprint density at radius 2 is 1.80 bits per heavy atom. The first-order chi connectivity index (χ1) is 14.4. The van der Waals surface area contributed by atoms with E-state index in [1.807, 2.05) is 38.4 Å². The molecule has 1 saturated heterocycles. The average molecular weight is 412 g/mol. The van der Waals surface area contributed by atoms with Gasteiger partial charge in [-0.3, -0.25) is 19.8 Å². The number of anilines is 1. The van der Waals surface area contributed by atoms with Crippen LogP contribution in [0.4, 0.5) is 11.4 Å². The van der Waals surface area contributed by atoms with Crippen LogP contribution >= 0.6 is 0 Å². The highest BCUT2D eigenvalue weighted by Gasteiger charge is 2.21. The molecule has 1 atom stereocenters. The normalized spacial score (nSPS) is 15.8. The van der Waals surface area contributed by atoms with Crippen molar-refractivity contribution in [2.24, 2.45) is 0 Å². The van der Waals surface area contributed by atoms with Gasteiger partial charge in [0.1, 0.15) is 0 Å². The fourth-order valence-electron chi connectivity index (χ4n) is 3.71. The molecule has 2 aromatic rings. The van der Waals surface area contributed by atoms with Gasteiger partial charge in [0.25, 0.3) is 5.69 Å². The molecule has 0 spiro atoms. The van der Waals surface area contributed by atoms with E-state index in [2.05, 4.69) is 32.1 Å². The van der Waals surface area contributed by atoms with Gasteiger partial charge in [0.05, 0.1) is 17.5 Å². The van der Waals surface area contributed by atoms with Crippen molar-refractivity contribution >= 4 is 17.3 Å². The van der Waals surface area contributed by atoms with Crippen molar-refractivity contribution in [2.45, 2.75) is 6.04 Å². The van der Waals surface area contributed by atoms with Crippen LogP contribution < -0.4 is 10.2 Å². The lowest BCUT2D eigenvalue weighted by molar-refractivity contribution is -0.384. The van der Waals surface area contributed by atoms with Gasteiger partial charge in [0, 0.05) is 50.5 Å². The molecule has 8 nitrogen and oxygen atoms in total. The van der Waals surface area contributed by atoms with Crippen molar-refractivity contribution in [2.75, 3.05) is 58.3 Å². The summed E-state index contributed by atoms with van der Waals surface area (Å²) in [4.78, 5) is 29.4. The summed E-state index contributed by atoms with van der Waals surface area (Å²) < 4.78 is 0. The van der Waals surface area contributed by atoms with Gasteiger partial charge < -0.3 is 15.1 Å². The van der Waals surface area contributed by atoms with Gasteiger partial charge in [0.2, 0.25) is 5.91 Å².